The molecule has 3 rings (SSSR count). The van der Waals surface area contributed by atoms with Gasteiger partial charge in [0, 0.05) is 17.5 Å². The van der Waals surface area contributed by atoms with Crippen molar-refractivity contribution in [2.24, 2.45) is 5.41 Å². The van der Waals surface area contributed by atoms with E-state index in [-0.39, 0.29) is 0 Å². The summed E-state index contributed by atoms with van der Waals surface area (Å²) >= 11 is 1.59. The number of benzene rings is 1. The Bertz CT molecular complexity index is 588. The molecule has 0 saturated carbocycles. The lowest BCUT2D eigenvalue weighted by Crippen LogP contribution is -2.35. The molecule has 2 aromatic rings. The topological polar surface area (TPSA) is 45.9 Å². The van der Waals surface area contributed by atoms with Gasteiger partial charge in [-0.25, -0.2) is 0 Å². The number of hydrogen-bond donors (Lipinski definition) is 0. The number of hydrogen-bond acceptors (Lipinski definition) is 4. The minimum atomic E-state index is -0.457. The molecule has 1 aliphatic rings. The van der Waals surface area contributed by atoms with E-state index >= 15 is 0 Å². The van der Waals surface area contributed by atoms with E-state index in [1.807, 2.05) is 30.5 Å². The Balaban J connectivity index is 1.89. The lowest BCUT2D eigenvalue weighted by molar-refractivity contribution is 0.170. The zero-order valence-corrected chi connectivity index (χ0v) is 10.6. The highest BCUT2D eigenvalue weighted by Crippen LogP contribution is 2.37. The van der Waals surface area contributed by atoms with Crippen molar-refractivity contribution in [2.75, 3.05) is 6.61 Å². The van der Waals surface area contributed by atoms with Crippen molar-refractivity contribution in [3.05, 3.63) is 46.4 Å². The first kappa shape index (κ1) is 11.2. The van der Waals surface area contributed by atoms with Crippen LogP contribution in [0.5, 0.6) is 5.75 Å². The molecule has 0 aliphatic carbocycles. The second-order valence-corrected chi connectivity index (χ2v) is 5.58. The number of thiazole rings is 1. The molecule has 90 valence electrons. The van der Waals surface area contributed by atoms with Crippen molar-refractivity contribution < 1.29 is 4.74 Å². The van der Waals surface area contributed by atoms with E-state index in [9.17, 15) is 5.26 Å². The van der Waals surface area contributed by atoms with Crippen molar-refractivity contribution >= 4 is 11.3 Å². The number of nitrogens with zero attached hydrogens (tertiary/aromatic N) is 2. The molecule has 1 aliphatic heterocycles. The molecule has 0 amide bonds. The number of para-hydroxylation sites is 1. The molecular weight excluding hydrogens is 244 g/mol. The van der Waals surface area contributed by atoms with E-state index in [4.69, 9.17) is 4.74 Å². The molecule has 1 aromatic carbocycles. The van der Waals surface area contributed by atoms with E-state index in [1.54, 1.807) is 16.8 Å². The zero-order chi connectivity index (χ0) is 12.4. The molecule has 2 heterocycles. The predicted octanol–water partition coefficient (Wildman–Crippen LogP) is 2.83. The molecule has 4 heteroatoms. The van der Waals surface area contributed by atoms with Crippen LogP contribution < -0.4 is 4.74 Å². The fraction of sp³-hybridized carbons (Fsp3) is 0.286. The largest absolute Gasteiger partial charge is 0.492 e. The van der Waals surface area contributed by atoms with Gasteiger partial charge in [0.1, 0.15) is 17.8 Å². The van der Waals surface area contributed by atoms with Crippen molar-refractivity contribution in [3.8, 4) is 11.8 Å². The van der Waals surface area contributed by atoms with Crippen molar-refractivity contribution in [1.29, 1.82) is 5.26 Å². The fourth-order valence-electron chi connectivity index (χ4n) is 2.31. The smallest absolute Gasteiger partial charge is 0.122 e. The molecule has 0 radical (unpaired) electrons. The average Bonchev–Trinajstić information content (AvgIpc) is 2.91. The highest BCUT2D eigenvalue weighted by molar-refractivity contribution is 7.09. The van der Waals surface area contributed by atoms with Crippen molar-refractivity contribution in [1.82, 2.24) is 4.98 Å². The summed E-state index contributed by atoms with van der Waals surface area (Å²) in [6.45, 7) is 0.457. The highest BCUT2D eigenvalue weighted by atomic mass is 32.1. The van der Waals surface area contributed by atoms with Gasteiger partial charge >= 0.3 is 0 Å². The van der Waals surface area contributed by atoms with E-state index in [0.29, 0.717) is 13.0 Å². The van der Waals surface area contributed by atoms with Gasteiger partial charge in [-0.05, 0) is 18.1 Å². The zero-order valence-electron chi connectivity index (χ0n) is 9.80. The highest BCUT2D eigenvalue weighted by Gasteiger charge is 2.36. The summed E-state index contributed by atoms with van der Waals surface area (Å²) in [6, 6.07) is 10.4. The third kappa shape index (κ3) is 1.98. The Morgan fingerprint density at radius 3 is 3.11 bits per heavy atom. The quantitative estimate of drug-likeness (QED) is 0.830. The third-order valence-corrected chi connectivity index (χ3v) is 4.02. The van der Waals surface area contributed by atoms with Gasteiger partial charge in [0.2, 0.25) is 0 Å². The van der Waals surface area contributed by atoms with Gasteiger partial charge in [0.25, 0.3) is 0 Å². The molecule has 0 bridgehead atoms. The van der Waals surface area contributed by atoms with Gasteiger partial charge in [-0.3, -0.25) is 4.98 Å². The summed E-state index contributed by atoms with van der Waals surface area (Å²) < 4.78 is 5.74. The Morgan fingerprint density at radius 1 is 1.44 bits per heavy atom. The number of nitriles is 1. The van der Waals surface area contributed by atoms with E-state index in [1.165, 1.54) is 0 Å². The number of rotatable bonds is 2. The molecule has 1 unspecified atom stereocenters. The maximum atomic E-state index is 9.52. The third-order valence-electron chi connectivity index (χ3n) is 3.24. The van der Waals surface area contributed by atoms with E-state index in [0.717, 1.165) is 22.6 Å². The van der Waals surface area contributed by atoms with Crippen LogP contribution in [0, 0.1) is 16.7 Å². The van der Waals surface area contributed by atoms with Gasteiger partial charge in [-0.1, -0.05) is 18.2 Å². The Hall–Kier alpha value is -1.86. The number of ether oxygens (including phenoxy) is 1. The average molecular weight is 256 g/mol. The molecule has 0 saturated heterocycles. The first-order chi connectivity index (χ1) is 8.81. The maximum Gasteiger partial charge on any atom is 0.122 e. The van der Waals surface area contributed by atoms with Crippen molar-refractivity contribution in [2.45, 2.75) is 12.8 Å². The van der Waals surface area contributed by atoms with Gasteiger partial charge in [-0.15, -0.1) is 11.3 Å². The van der Waals surface area contributed by atoms with Gasteiger partial charge in [-0.2, -0.15) is 5.26 Å². The molecule has 1 aromatic heterocycles. The summed E-state index contributed by atoms with van der Waals surface area (Å²) in [5, 5.41) is 9.52. The predicted molar refractivity (Wildman–Crippen MR) is 69.5 cm³/mol. The molecule has 0 fully saturated rings. The van der Waals surface area contributed by atoms with E-state index in [2.05, 4.69) is 11.1 Å². The Morgan fingerprint density at radius 2 is 2.33 bits per heavy atom. The van der Waals surface area contributed by atoms with Crippen LogP contribution >= 0.6 is 11.3 Å². The van der Waals surface area contributed by atoms with Gasteiger partial charge in [0.15, 0.2) is 0 Å². The standard InChI is InChI=1S/C14H12N2OS/c15-8-14(6-12-7-16-10-18-12)5-11-3-1-2-4-13(11)17-9-14/h1-4,7,10H,5-6,9H2. The summed E-state index contributed by atoms with van der Waals surface area (Å²) in [5.41, 5.74) is 2.47. The summed E-state index contributed by atoms with van der Waals surface area (Å²) in [6.07, 6.45) is 3.30. The normalized spacial score (nSPS) is 21.7. The van der Waals surface area contributed by atoms with Crippen LogP contribution in [0.2, 0.25) is 0 Å². The minimum absolute atomic E-state index is 0.457. The van der Waals surface area contributed by atoms with Crippen LogP contribution in [0.4, 0.5) is 0 Å². The SMILES string of the molecule is N#CC1(Cc2cncs2)COc2ccccc2C1. The summed E-state index contributed by atoms with van der Waals surface area (Å²) in [4.78, 5) is 5.20. The van der Waals surface area contributed by atoms with Crippen molar-refractivity contribution in [3.63, 3.8) is 0 Å². The molecule has 3 nitrogen and oxygen atoms in total. The fourth-order valence-corrected chi connectivity index (χ4v) is 3.05. The molecule has 1 atom stereocenters. The lowest BCUT2D eigenvalue weighted by atomic mass is 9.78. The maximum absolute atomic E-state index is 9.52. The second-order valence-electron chi connectivity index (χ2n) is 4.61. The molecular formula is C14H12N2OS. The van der Waals surface area contributed by atoms with Crippen LogP contribution in [0.15, 0.2) is 36.0 Å². The number of fused-ring (bicyclic) bond motifs is 1. The molecule has 0 spiro atoms. The lowest BCUT2D eigenvalue weighted by Gasteiger charge is -2.31. The Labute approximate surface area is 110 Å². The monoisotopic (exact) mass is 256 g/mol. The summed E-state index contributed by atoms with van der Waals surface area (Å²) in [7, 11) is 0. The van der Waals surface area contributed by atoms with Crippen LogP contribution in [0.3, 0.4) is 0 Å². The molecule has 0 N–H and O–H groups in total. The second kappa shape index (κ2) is 4.43. The van der Waals surface area contributed by atoms with Crippen LogP contribution in [-0.2, 0) is 12.8 Å². The summed E-state index contributed by atoms with van der Waals surface area (Å²) in [5.74, 6) is 0.910. The first-order valence-electron chi connectivity index (χ1n) is 5.81. The van der Waals surface area contributed by atoms with Crippen LogP contribution in [-0.4, -0.2) is 11.6 Å². The van der Waals surface area contributed by atoms with Crippen LogP contribution in [0.1, 0.15) is 10.4 Å². The van der Waals surface area contributed by atoms with Crippen LogP contribution in [0.25, 0.3) is 0 Å². The minimum Gasteiger partial charge on any atom is -0.492 e. The van der Waals surface area contributed by atoms with Gasteiger partial charge in [0.05, 0.1) is 11.6 Å². The van der Waals surface area contributed by atoms with Gasteiger partial charge < -0.3 is 4.74 Å². The number of aromatic nitrogens is 1. The first-order valence-corrected chi connectivity index (χ1v) is 6.69. The Kier molecular flexibility index (Phi) is 2.77. The molecule has 18 heavy (non-hydrogen) atoms. The van der Waals surface area contributed by atoms with E-state index < -0.39 is 5.41 Å².